The summed E-state index contributed by atoms with van der Waals surface area (Å²) in [6.07, 6.45) is 1.47. The van der Waals surface area contributed by atoms with E-state index in [4.69, 9.17) is 11.2 Å². The molecule has 0 saturated heterocycles. The number of hydrogen-bond acceptors (Lipinski definition) is 3. The van der Waals surface area contributed by atoms with Gasteiger partial charge in [-0.15, -0.1) is 12.3 Å². The third kappa shape index (κ3) is 5.37. The first-order valence-electron chi connectivity index (χ1n) is 7.28. The lowest BCUT2D eigenvalue weighted by Crippen LogP contribution is -2.29. The van der Waals surface area contributed by atoms with Gasteiger partial charge in [0.25, 0.3) is 0 Å². The Morgan fingerprint density at radius 2 is 2.04 bits per heavy atom. The lowest BCUT2D eigenvalue weighted by atomic mass is 10.2. The van der Waals surface area contributed by atoms with E-state index in [-0.39, 0.29) is 23.9 Å². The van der Waals surface area contributed by atoms with Gasteiger partial charge in [0.2, 0.25) is 5.88 Å². The van der Waals surface area contributed by atoms with Gasteiger partial charge in [-0.2, -0.15) is 13.2 Å². The maximum Gasteiger partial charge on any atom is 0.417 e. The van der Waals surface area contributed by atoms with Crippen LogP contribution in [-0.4, -0.2) is 17.6 Å². The summed E-state index contributed by atoms with van der Waals surface area (Å²) in [5.41, 5.74) is -0.783. The largest absolute Gasteiger partial charge is 0.436 e. The number of carbonyl (C=O) groups is 1. The van der Waals surface area contributed by atoms with E-state index >= 15 is 0 Å². The molecule has 2 rings (SSSR count). The topological polar surface area (TPSA) is 63.2 Å². The normalized spacial score (nSPS) is 10.7. The van der Waals surface area contributed by atoms with Crippen LogP contribution in [0.1, 0.15) is 12.0 Å². The molecule has 9 heteroatoms. The highest BCUT2D eigenvalue weighted by atomic mass is 19.4. The van der Waals surface area contributed by atoms with Crippen molar-refractivity contribution < 1.29 is 27.1 Å². The third-order valence-corrected chi connectivity index (χ3v) is 3.02. The van der Waals surface area contributed by atoms with E-state index in [9.17, 15) is 22.4 Å². The zero-order chi connectivity index (χ0) is 19.2. The van der Waals surface area contributed by atoms with E-state index in [2.05, 4.69) is 21.5 Å². The van der Waals surface area contributed by atoms with Crippen molar-refractivity contribution in [2.24, 2.45) is 0 Å². The van der Waals surface area contributed by atoms with Gasteiger partial charge in [0.1, 0.15) is 0 Å². The van der Waals surface area contributed by atoms with Gasteiger partial charge in [-0.25, -0.2) is 14.2 Å². The number of pyridine rings is 1. The second kappa shape index (κ2) is 8.20. The number of benzene rings is 1. The molecule has 0 aliphatic rings. The van der Waals surface area contributed by atoms with Crippen LogP contribution in [0.15, 0.2) is 36.5 Å². The molecular weight excluding hydrogens is 354 g/mol. The molecule has 0 saturated carbocycles. The predicted molar refractivity (Wildman–Crippen MR) is 86.2 cm³/mol. The zero-order valence-corrected chi connectivity index (χ0v) is 13.2. The molecule has 0 aliphatic carbocycles. The number of rotatable bonds is 5. The molecule has 1 aromatic heterocycles. The molecule has 136 valence electrons. The molecule has 2 amide bonds. The van der Waals surface area contributed by atoms with Crippen LogP contribution in [0, 0.1) is 18.2 Å². The monoisotopic (exact) mass is 367 g/mol. The number of carbonyl (C=O) groups excluding carboxylic acids is 1. The Morgan fingerprint density at radius 3 is 2.62 bits per heavy atom. The summed E-state index contributed by atoms with van der Waals surface area (Å²) in [7, 11) is 0. The number of aromatic nitrogens is 1. The van der Waals surface area contributed by atoms with Crippen LogP contribution in [0.3, 0.4) is 0 Å². The molecule has 1 heterocycles. The Hall–Kier alpha value is -3.28. The summed E-state index contributed by atoms with van der Waals surface area (Å²) < 4.78 is 56.5. The minimum absolute atomic E-state index is 0.161. The molecule has 26 heavy (non-hydrogen) atoms. The highest BCUT2D eigenvalue weighted by Gasteiger charge is 2.30. The summed E-state index contributed by atoms with van der Waals surface area (Å²) in [5, 5.41) is 4.88. The van der Waals surface area contributed by atoms with E-state index in [1.165, 1.54) is 12.1 Å². The molecule has 0 radical (unpaired) electrons. The molecule has 0 fully saturated rings. The lowest BCUT2D eigenvalue weighted by Gasteiger charge is -2.10. The van der Waals surface area contributed by atoms with E-state index in [0.717, 1.165) is 18.2 Å². The van der Waals surface area contributed by atoms with Gasteiger partial charge in [0.15, 0.2) is 11.6 Å². The SMILES string of the molecule is C#CCCNC(=O)Nc1ccc(Oc2ccc(C(F)(F)F)cn2)c(F)c1. The third-order valence-electron chi connectivity index (χ3n) is 3.02. The summed E-state index contributed by atoms with van der Waals surface area (Å²) >= 11 is 0. The van der Waals surface area contributed by atoms with Crippen molar-refractivity contribution in [1.29, 1.82) is 0 Å². The average molecular weight is 367 g/mol. The average Bonchev–Trinajstić information content (AvgIpc) is 2.57. The van der Waals surface area contributed by atoms with Crippen molar-refractivity contribution in [2.75, 3.05) is 11.9 Å². The summed E-state index contributed by atoms with van der Waals surface area (Å²) in [6, 6.07) is 4.77. The first-order chi connectivity index (χ1) is 12.3. The maximum atomic E-state index is 14.0. The fourth-order valence-electron chi connectivity index (χ4n) is 1.81. The van der Waals surface area contributed by atoms with Crippen molar-refractivity contribution in [3.8, 4) is 24.0 Å². The van der Waals surface area contributed by atoms with Crippen molar-refractivity contribution >= 4 is 11.7 Å². The summed E-state index contributed by atoms with van der Waals surface area (Å²) in [6.45, 7) is 0.269. The molecular formula is C17H13F4N3O2. The fourth-order valence-corrected chi connectivity index (χ4v) is 1.81. The first-order valence-corrected chi connectivity index (χ1v) is 7.28. The van der Waals surface area contributed by atoms with Gasteiger partial charge in [-0.3, -0.25) is 0 Å². The van der Waals surface area contributed by atoms with Crippen LogP contribution in [0.4, 0.5) is 28.0 Å². The number of anilines is 1. The van der Waals surface area contributed by atoms with Crippen LogP contribution in [0.5, 0.6) is 11.6 Å². The van der Waals surface area contributed by atoms with E-state index in [0.29, 0.717) is 12.6 Å². The molecule has 0 atom stereocenters. The first kappa shape index (κ1) is 19.1. The van der Waals surface area contributed by atoms with Crippen LogP contribution >= 0.6 is 0 Å². The second-order valence-corrected chi connectivity index (χ2v) is 4.97. The number of nitrogens with one attached hydrogen (secondary N) is 2. The number of nitrogens with zero attached hydrogens (tertiary/aromatic N) is 1. The number of urea groups is 1. The van der Waals surface area contributed by atoms with Gasteiger partial charge in [0.05, 0.1) is 5.56 Å². The highest BCUT2D eigenvalue weighted by Crippen LogP contribution is 2.30. The number of hydrogen-bond donors (Lipinski definition) is 2. The Labute approximate surface area is 146 Å². The van der Waals surface area contributed by atoms with E-state index in [1.807, 2.05) is 0 Å². The minimum Gasteiger partial charge on any atom is -0.436 e. The highest BCUT2D eigenvalue weighted by molar-refractivity contribution is 5.89. The van der Waals surface area contributed by atoms with E-state index in [1.54, 1.807) is 0 Å². The number of terminal acetylenes is 1. The standard InChI is InChI=1S/C17H13F4N3O2/c1-2-3-8-22-16(25)24-12-5-6-14(13(18)9-12)26-15-7-4-11(10-23-15)17(19,20)21/h1,4-7,9-10H,3,8H2,(H2,22,24,25). The fraction of sp³-hybridized carbons (Fsp3) is 0.176. The maximum absolute atomic E-state index is 14.0. The van der Waals surface area contributed by atoms with Crippen LogP contribution < -0.4 is 15.4 Å². The molecule has 0 unspecified atom stereocenters. The Balaban J connectivity index is 2.01. The number of amides is 2. The van der Waals surface area contributed by atoms with Gasteiger partial charge in [-0.1, -0.05) is 0 Å². The van der Waals surface area contributed by atoms with Crippen molar-refractivity contribution in [3.05, 3.63) is 47.9 Å². The zero-order valence-electron chi connectivity index (χ0n) is 13.2. The Bertz CT molecular complexity index is 814. The predicted octanol–water partition coefficient (Wildman–Crippen LogP) is 4.18. The number of alkyl halides is 3. The van der Waals surface area contributed by atoms with Crippen LogP contribution in [-0.2, 0) is 6.18 Å². The van der Waals surface area contributed by atoms with Crippen molar-refractivity contribution in [2.45, 2.75) is 12.6 Å². The quantitative estimate of drug-likeness (QED) is 0.474. The smallest absolute Gasteiger partial charge is 0.417 e. The second-order valence-electron chi connectivity index (χ2n) is 4.97. The lowest BCUT2D eigenvalue weighted by molar-refractivity contribution is -0.137. The summed E-state index contributed by atoms with van der Waals surface area (Å²) in [4.78, 5) is 15.0. The molecule has 0 bridgehead atoms. The van der Waals surface area contributed by atoms with E-state index < -0.39 is 23.6 Å². The van der Waals surface area contributed by atoms with Crippen molar-refractivity contribution in [1.82, 2.24) is 10.3 Å². The van der Waals surface area contributed by atoms with Crippen molar-refractivity contribution in [3.63, 3.8) is 0 Å². The number of ether oxygens (including phenoxy) is 1. The van der Waals surface area contributed by atoms with Gasteiger partial charge >= 0.3 is 12.2 Å². The number of halogens is 4. The molecule has 2 aromatic rings. The molecule has 1 aromatic carbocycles. The van der Waals surface area contributed by atoms with Gasteiger partial charge in [-0.05, 0) is 18.2 Å². The Kier molecular flexibility index (Phi) is 6.01. The molecule has 5 nitrogen and oxygen atoms in total. The summed E-state index contributed by atoms with van der Waals surface area (Å²) in [5.74, 6) is 1.07. The molecule has 2 N–H and O–H groups in total. The molecule has 0 spiro atoms. The molecule has 0 aliphatic heterocycles. The van der Waals surface area contributed by atoms with Crippen LogP contribution in [0.25, 0.3) is 0 Å². The Morgan fingerprint density at radius 1 is 1.27 bits per heavy atom. The van der Waals surface area contributed by atoms with Gasteiger partial charge < -0.3 is 15.4 Å². The van der Waals surface area contributed by atoms with Crippen LogP contribution in [0.2, 0.25) is 0 Å². The van der Waals surface area contributed by atoms with Gasteiger partial charge in [0, 0.05) is 37.0 Å². The minimum atomic E-state index is -4.52.